The summed E-state index contributed by atoms with van der Waals surface area (Å²) < 4.78 is 0. The van der Waals surface area contributed by atoms with E-state index >= 15 is 0 Å². The molecule has 0 saturated heterocycles. The molecule has 0 bridgehead atoms. The summed E-state index contributed by atoms with van der Waals surface area (Å²) in [5.41, 5.74) is 29.9. The van der Waals surface area contributed by atoms with Crippen LogP contribution in [0.3, 0.4) is 0 Å². The number of para-hydroxylation sites is 2. The summed E-state index contributed by atoms with van der Waals surface area (Å²) in [4.78, 5) is 9.91. The zero-order valence-electron chi connectivity index (χ0n) is 62.6. The molecule has 103 heavy (non-hydrogen) atoms. The van der Waals surface area contributed by atoms with Crippen molar-refractivity contribution < 1.29 is 0 Å². The molecule has 16 aromatic carbocycles. The van der Waals surface area contributed by atoms with E-state index in [9.17, 15) is 0 Å². The number of aryl methyl sites for hydroxylation is 9. The molecule has 16 rings (SSSR count). The van der Waals surface area contributed by atoms with E-state index < -0.39 is 0 Å². The van der Waals surface area contributed by atoms with Crippen LogP contribution in [0.5, 0.6) is 0 Å². The summed E-state index contributed by atoms with van der Waals surface area (Å²) in [6, 6.07) is 100. The minimum absolute atomic E-state index is 0.348. The highest BCUT2D eigenvalue weighted by Gasteiger charge is 2.28. The molecule has 4 nitrogen and oxygen atoms in total. The van der Waals surface area contributed by atoms with Gasteiger partial charge in [0, 0.05) is 55.7 Å². The maximum atomic E-state index is 2.54. The molecule has 0 spiro atoms. The second-order valence-electron chi connectivity index (χ2n) is 29.9. The number of anilines is 12. The third kappa shape index (κ3) is 12.3. The lowest BCUT2D eigenvalue weighted by atomic mass is 9.86. The largest absolute Gasteiger partial charge is 0.310 e. The number of nitrogens with zero attached hydrogens (tertiary/aromatic N) is 4. The van der Waals surface area contributed by atoms with E-state index in [0.29, 0.717) is 17.8 Å². The van der Waals surface area contributed by atoms with Gasteiger partial charge in [0.2, 0.25) is 0 Å². The Kier molecular flexibility index (Phi) is 18.1. The lowest BCUT2D eigenvalue weighted by Gasteiger charge is -2.32. The van der Waals surface area contributed by atoms with E-state index in [-0.39, 0.29) is 0 Å². The van der Waals surface area contributed by atoms with Gasteiger partial charge in [-0.05, 0) is 275 Å². The first-order valence-corrected chi connectivity index (χ1v) is 37.1. The van der Waals surface area contributed by atoms with Crippen LogP contribution in [0.1, 0.15) is 133 Å². The predicted octanol–water partition coefficient (Wildman–Crippen LogP) is 29.4. The lowest BCUT2D eigenvalue weighted by molar-refractivity contribution is 0.866. The van der Waals surface area contributed by atoms with Crippen molar-refractivity contribution in [3.8, 4) is 0 Å². The van der Waals surface area contributed by atoms with Crippen molar-refractivity contribution in [2.24, 2.45) is 0 Å². The Bertz CT molecular complexity index is 5760. The van der Waals surface area contributed by atoms with Gasteiger partial charge in [0.1, 0.15) is 0 Å². The molecule has 16 aromatic rings. The molecule has 0 N–H and O–H groups in total. The fourth-order valence-corrected chi connectivity index (χ4v) is 16.7. The summed E-state index contributed by atoms with van der Waals surface area (Å²) >= 11 is 0. The van der Waals surface area contributed by atoms with Gasteiger partial charge in [-0.15, -0.1) is 0 Å². The lowest BCUT2D eigenvalue weighted by Crippen LogP contribution is -2.15. The molecule has 0 aromatic heterocycles. The molecule has 510 valence electrons. The monoisotopic (exact) mass is 1340 g/mol. The molecule has 0 fully saturated rings. The first kappa shape index (κ1) is 67.6. The van der Waals surface area contributed by atoms with Crippen molar-refractivity contribution in [1.29, 1.82) is 0 Å². The van der Waals surface area contributed by atoms with Gasteiger partial charge in [0.15, 0.2) is 0 Å². The summed E-state index contributed by atoms with van der Waals surface area (Å²) in [5.74, 6) is 1.29. The van der Waals surface area contributed by atoms with E-state index in [1.54, 1.807) is 0 Å². The smallest absolute Gasteiger partial charge is 0.0543 e. The third-order valence-corrected chi connectivity index (χ3v) is 21.5. The van der Waals surface area contributed by atoms with Gasteiger partial charge in [-0.1, -0.05) is 229 Å². The topological polar surface area (TPSA) is 13.0 Å². The fourth-order valence-electron chi connectivity index (χ4n) is 16.7. The van der Waals surface area contributed by atoms with Gasteiger partial charge in [0.25, 0.3) is 0 Å². The minimum Gasteiger partial charge on any atom is -0.310 e. The van der Waals surface area contributed by atoms with E-state index in [4.69, 9.17) is 0 Å². The molecule has 0 aliphatic rings. The highest BCUT2D eigenvalue weighted by Crippen LogP contribution is 2.53. The second-order valence-corrected chi connectivity index (χ2v) is 29.9. The van der Waals surface area contributed by atoms with Crippen molar-refractivity contribution in [3.63, 3.8) is 0 Å². The standard InChI is InChI=1S/C54H56N2.C45H38N2/c1-12-40-31-50(56(45-21-15-42(16-22-45)33(4)5)54-38(10)29-35(7)30-39(54)11)48-23-17-43-18-26-49(47-25-24-46(40)52(48)51(43)47)55(44-19-13-41(14-20-44)32(2)3)53-36(8)27-34(6)28-37(53)9;1-30(2)41-29-43(47(35-17-9-6-10-18-35)37-20-12-14-32(4)28-37)40-23-21-33-22-26-42(39-25-24-38(41)45(40)44(33)39)46(34-15-7-5-8-16-34)36-19-11-13-31(3)27-36/h13-33H,12H2,1-11H3;5-30H,1-4H3. The Labute approximate surface area is 610 Å². The summed E-state index contributed by atoms with van der Waals surface area (Å²) in [6.45, 7) is 33.8. The second kappa shape index (κ2) is 27.6. The normalized spacial score (nSPS) is 11.7. The predicted molar refractivity (Wildman–Crippen MR) is 449 cm³/mol. The Morgan fingerprint density at radius 2 is 0.602 bits per heavy atom. The van der Waals surface area contributed by atoms with Crippen LogP contribution in [0.2, 0.25) is 0 Å². The average Bonchev–Trinajstić information content (AvgIpc) is 0.726. The Balaban J connectivity index is 0.000000169. The first-order valence-electron chi connectivity index (χ1n) is 37.1. The van der Waals surface area contributed by atoms with E-state index in [0.717, 1.165) is 29.2 Å². The van der Waals surface area contributed by atoms with Crippen LogP contribution in [0.4, 0.5) is 68.2 Å². The van der Waals surface area contributed by atoms with Gasteiger partial charge < -0.3 is 19.6 Å². The van der Waals surface area contributed by atoms with Crippen LogP contribution >= 0.6 is 0 Å². The number of hydrogen-bond acceptors (Lipinski definition) is 4. The van der Waals surface area contributed by atoms with Gasteiger partial charge in [-0.25, -0.2) is 0 Å². The molecule has 0 aliphatic heterocycles. The van der Waals surface area contributed by atoms with Crippen LogP contribution in [0.15, 0.2) is 267 Å². The van der Waals surface area contributed by atoms with Crippen molar-refractivity contribution in [2.75, 3.05) is 19.6 Å². The van der Waals surface area contributed by atoms with Crippen molar-refractivity contribution in [1.82, 2.24) is 0 Å². The molecular weight excluding hydrogens is 1250 g/mol. The molecule has 0 amide bonds. The zero-order chi connectivity index (χ0) is 71.6. The minimum atomic E-state index is 0.348. The molecule has 0 radical (unpaired) electrons. The fraction of sp³-hybridized carbons (Fsp3) is 0.192. The van der Waals surface area contributed by atoms with Crippen LogP contribution in [-0.4, -0.2) is 0 Å². The summed E-state index contributed by atoms with van der Waals surface area (Å²) in [7, 11) is 0. The number of hydrogen-bond donors (Lipinski definition) is 0. The Morgan fingerprint density at radius 3 is 1.03 bits per heavy atom. The molecule has 0 saturated carbocycles. The molecule has 0 atom stereocenters. The summed E-state index contributed by atoms with van der Waals surface area (Å²) in [6.07, 6.45) is 0.941. The Hall–Kier alpha value is -11.2. The van der Waals surface area contributed by atoms with Gasteiger partial charge in [-0.2, -0.15) is 0 Å². The van der Waals surface area contributed by atoms with Crippen molar-refractivity contribution in [2.45, 2.75) is 128 Å². The maximum Gasteiger partial charge on any atom is 0.0543 e. The highest BCUT2D eigenvalue weighted by atomic mass is 15.2. The van der Waals surface area contributed by atoms with Crippen LogP contribution in [0.25, 0.3) is 64.6 Å². The average molecular weight is 1340 g/mol. The third-order valence-electron chi connectivity index (χ3n) is 21.5. The number of rotatable bonds is 16. The highest BCUT2D eigenvalue weighted by molar-refractivity contribution is 6.30. The SMILES string of the molecule is CCc1cc(N(c2ccc(C(C)C)cc2)c2c(C)cc(C)cc2C)c2ccc3ccc(N(c4ccc(C(C)C)cc4)c4c(C)cc(C)cc4C)c4ccc1c2c34.Cc1cccc(N(c2ccccc2)c2ccc3ccc4c(N(c5ccccc5)c5cccc(C)c5)cc(C(C)C)c5ccc2c3c54)c1. The van der Waals surface area contributed by atoms with Gasteiger partial charge >= 0.3 is 0 Å². The van der Waals surface area contributed by atoms with Crippen LogP contribution < -0.4 is 19.6 Å². The van der Waals surface area contributed by atoms with Gasteiger partial charge in [0.05, 0.1) is 34.1 Å². The van der Waals surface area contributed by atoms with Gasteiger partial charge in [-0.3, -0.25) is 0 Å². The zero-order valence-corrected chi connectivity index (χ0v) is 62.6. The Morgan fingerprint density at radius 1 is 0.252 bits per heavy atom. The summed E-state index contributed by atoms with van der Waals surface area (Å²) in [5, 5.41) is 15.5. The molecule has 0 unspecified atom stereocenters. The maximum absolute atomic E-state index is 2.54. The van der Waals surface area contributed by atoms with Crippen LogP contribution in [0, 0.1) is 55.4 Å². The number of benzene rings is 16. The van der Waals surface area contributed by atoms with Crippen molar-refractivity contribution in [3.05, 3.63) is 334 Å². The molecular formula is C99H94N4. The quantitative estimate of drug-likeness (QED) is 0.0894. The molecule has 0 aliphatic carbocycles. The van der Waals surface area contributed by atoms with E-state index in [1.807, 2.05) is 0 Å². The molecule has 0 heterocycles. The van der Waals surface area contributed by atoms with Crippen LogP contribution in [-0.2, 0) is 6.42 Å². The van der Waals surface area contributed by atoms with Crippen molar-refractivity contribution >= 4 is 133 Å². The van der Waals surface area contributed by atoms with E-state index in [1.165, 1.54) is 177 Å². The molecule has 4 heteroatoms. The van der Waals surface area contributed by atoms with E-state index in [2.05, 4.69) is 390 Å². The first-order chi connectivity index (χ1) is 49.8.